The van der Waals surface area contributed by atoms with Gasteiger partial charge in [0, 0.05) is 28.9 Å². The van der Waals surface area contributed by atoms with Crippen molar-refractivity contribution in [2.45, 2.75) is 50.9 Å². The average molecular weight is 903 g/mol. The van der Waals surface area contributed by atoms with E-state index in [0.717, 1.165) is 79.1 Å². The lowest BCUT2D eigenvalue weighted by Gasteiger charge is -2.39. The summed E-state index contributed by atoms with van der Waals surface area (Å²) in [6.07, 6.45) is 37.9. The molecule has 0 aromatic heterocycles. The maximum Gasteiger partial charge on any atom is 0.135 e. The number of hydrogen-bond acceptors (Lipinski definition) is 2. The number of allylic oxidation sites excluding steroid dienone is 22. The fourth-order valence-corrected chi connectivity index (χ4v) is 12.2. The van der Waals surface area contributed by atoms with E-state index in [1.165, 1.54) is 78.0 Å². The molecule has 70 heavy (non-hydrogen) atoms. The van der Waals surface area contributed by atoms with Gasteiger partial charge in [-0.15, -0.1) is 0 Å². The predicted molar refractivity (Wildman–Crippen MR) is 289 cm³/mol. The van der Waals surface area contributed by atoms with Crippen molar-refractivity contribution in [1.82, 2.24) is 0 Å². The topological polar surface area (TPSA) is 18.5 Å². The fourth-order valence-electron chi connectivity index (χ4n) is 12.2. The Morgan fingerprint density at radius 2 is 1.34 bits per heavy atom. The van der Waals surface area contributed by atoms with Crippen LogP contribution in [0.1, 0.15) is 67.6 Å². The van der Waals surface area contributed by atoms with Crippen LogP contribution in [0.4, 0.5) is 0 Å². The molecular weight excluding hydrogens is 849 g/mol. The summed E-state index contributed by atoms with van der Waals surface area (Å²) in [6, 6.07) is 52.5. The van der Waals surface area contributed by atoms with E-state index in [9.17, 15) is 0 Å². The van der Waals surface area contributed by atoms with Crippen LogP contribution in [0.15, 0.2) is 264 Å². The van der Waals surface area contributed by atoms with Crippen LogP contribution in [0.2, 0.25) is 0 Å². The molecule has 1 heterocycles. The van der Waals surface area contributed by atoms with Crippen molar-refractivity contribution in [1.29, 1.82) is 0 Å². The third-order valence-electron chi connectivity index (χ3n) is 15.4. The van der Waals surface area contributed by atoms with Crippen molar-refractivity contribution < 1.29 is 9.47 Å². The van der Waals surface area contributed by atoms with Gasteiger partial charge in [0.1, 0.15) is 23.0 Å². The summed E-state index contributed by atoms with van der Waals surface area (Å²) in [5.74, 6) is 4.62. The molecule has 6 aromatic rings. The number of para-hydroxylation sites is 3. The van der Waals surface area contributed by atoms with Crippen molar-refractivity contribution in [3.63, 3.8) is 0 Å². The van der Waals surface area contributed by atoms with E-state index >= 15 is 0 Å². The molecule has 0 N–H and O–H groups in total. The average Bonchev–Trinajstić information content (AvgIpc) is 3.81. The highest BCUT2D eigenvalue weighted by molar-refractivity contribution is 5.99. The van der Waals surface area contributed by atoms with Gasteiger partial charge < -0.3 is 9.47 Å². The Balaban J connectivity index is 0.989. The van der Waals surface area contributed by atoms with Crippen LogP contribution in [0.25, 0.3) is 44.5 Å². The zero-order valence-corrected chi connectivity index (χ0v) is 39.4. The zero-order chi connectivity index (χ0) is 46.4. The number of hydrogen-bond donors (Lipinski definition) is 0. The maximum atomic E-state index is 6.81. The Morgan fingerprint density at radius 1 is 0.543 bits per heavy atom. The van der Waals surface area contributed by atoms with Crippen LogP contribution in [0, 0.1) is 11.8 Å². The first-order valence-electron chi connectivity index (χ1n) is 25.3. The lowest BCUT2D eigenvalue weighted by Crippen LogP contribution is -2.25. The van der Waals surface area contributed by atoms with Crippen molar-refractivity contribution in [3.8, 4) is 50.6 Å². The first-order valence-corrected chi connectivity index (χ1v) is 25.3. The molecule has 3 atom stereocenters. The summed E-state index contributed by atoms with van der Waals surface area (Å²) in [5, 5.41) is 0. The minimum Gasteiger partial charge on any atom is -0.461 e. The summed E-state index contributed by atoms with van der Waals surface area (Å²) in [7, 11) is 0. The van der Waals surface area contributed by atoms with Gasteiger partial charge in [-0.3, -0.25) is 0 Å². The Kier molecular flexibility index (Phi) is 11.0. The molecule has 13 rings (SSSR count). The lowest BCUT2D eigenvalue weighted by atomic mass is 9.64. The number of benzene rings is 6. The van der Waals surface area contributed by atoms with Crippen LogP contribution >= 0.6 is 0 Å². The Morgan fingerprint density at radius 3 is 2.24 bits per heavy atom. The summed E-state index contributed by atoms with van der Waals surface area (Å²) in [4.78, 5) is 0. The molecule has 0 spiro atoms. The van der Waals surface area contributed by atoms with Gasteiger partial charge in [0.2, 0.25) is 0 Å². The molecule has 6 aliphatic carbocycles. The molecule has 0 fully saturated rings. The second kappa shape index (κ2) is 18.2. The molecule has 1 aliphatic heterocycles. The first-order chi connectivity index (χ1) is 34.7. The normalized spacial score (nSPS) is 20.8. The third kappa shape index (κ3) is 7.69. The Labute approximate surface area is 412 Å². The summed E-state index contributed by atoms with van der Waals surface area (Å²) in [6.45, 7) is 0. The molecule has 6 aromatic carbocycles. The quantitative estimate of drug-likeness (QED) is 0.144. The molecule has 0 radical (unpaired) electrons. The molecule has 0 amide bonds. The molecule has 338 valence electrons. The zero-order valence-electron chi connectivity index (χ0n) is 39.4. The van der Waals surface area contributed by atoms with Gasteiger partial charge in [0.05, 0.1) is 0 Å². The predicted octanol–water partition coefficient (Wildman–Crippen LogP) is 18.0. The lowest BCUT2D eigenvalue weighted by molar-refractivity contribution is 0.426. The minimum atomic E-state index is 0.219. The summed E-state index contributed by atoms with van der Waals surface area (Å²) >= 11 is 0. The third-order valence-corrected chi connectivity index (χ3v) is 15.4. The first kappa shape index (κ1) is 42.2. The van der Waals surface area contributed by atoms with Gasteiger partial charge in [-0.25, -0.2) is 0 Å². The van der Waals surface area contributed by atoms with Gasteiger partial charge in [-0.1, -0.05) is 176 Å². The Hall–Kier alpha value is -7.94. The van der Waals surface area contributed by atoms with Crippen molar-refractivity contribution in [2.24, 2.45) is 11.8 Å². The van der Waals surface area contributed by atoms with E-state index in [1.54, 1.807) is 5.57 Å². The standard InChI is InChI=1S/C68H54O2/c1-4-20-45(21-5-1)66-56-32-10-12-34-58(56)68(59-35-13-11-33-57(59)66)51-27-19-25-48(41-51)52-43-60(50-26-18-24-47(40-50)49-38-39-65-61(42-49)54-30-14-17-37-64(54)70-65)67(46-22-6-2-7-23-46)62(44-52)55-31-15-16-36-63(55)69-53-28-8-3-9-29-53/h1-12,14-18,20,22-24,26-33,36-41,43-45,58,61H,13,19,21,25,34-35,42H2. The van der Waals surface area contributed by atoms with Gasteiger partial charge in [-0.2, -0.15) is 0 Å². The monoisotopic (exact) mass is 902 g/mol. The van der Waals surface area contributed by atoms with Gasteiger partial charge in [0.15, 0.2) is 0 Å². The SMILES string of the molecule is C1=CCC(C2=C3C=CCCC3=C(C3=CCCC(c4cc(-c5cccc(C6=CC=C7Oc8ccccc8C7C6)c5)c(-c5ccccc5)c(-c5ccccc5Oc5ccccc5)c4)=C3)C3CC=CC=C23)C=C1. The minimum absolute atomic E-state index is 0.219. The molecule has 7 aliphatic rings. The summed E-state index contributed by atoms with van der Waals surface area (Å²) in [5.41, 5.74) is 22.4. The van der Waals surface area contributed by atoms with Crippen molar-refractivity contribution in [3.05, 3.63) is 280 Å². The van der Waals surface area contributed by atoms with Crippen LogP contribution in [0.3, 0.4) is 0 Å². The highest BCUT2D eigenvalue weighted by Crippen LogP contribution is 2.54. The van der Waals surface area contributed by atoms with Crippen LogP contribution < -0.4 is 9.47 Å². The summed E-state index contributed by atoms with van der Waals surface area (Å²) < 4.78 is 13.1. The molecule has 2 nitrogen and oxygen atoms in total. The van der Waals surface area contributed by atoms with Crippen LogP contribution in [-0.4, -0.2) is 0 Å². The number of rotatable bonds is 9. The van der Waals surface area contributed by atoms with Gasteiger partial charge in [0.25, 0.3) is 0 Å². The van der Waals surface area contributed by atoms with Crippen LogP contribution in [-0.2, 0) is 0 Å². The van der Waals surface area contributed by atoms with E-state index in [-0.39, 0.29) is 5.92 Å². The largest absolute Gasteiger partial charge is 0.461 e. The van der Waals surface area contributed by atoms with E-state index in [1.807, 2.05) is 30.3 Å². The highest BCUT2D eigenvalue weighted by atomic mass is 16.5. The fraction of sp³-hybridized carbons (Fsp3) is 0.147. The van der Waals surface area contributed by atoms with E-state index < -0.39 is 0 Å². The highest BCUT2D eigenvalue weighted by Gasteiger charge is 2.37. The second-order valence-corrected chi connectivity index (χ2v) is 19.5. The smallest absolute Gasteiger partial charge is 0.135 e. The maximum absolute atomic E-state index is 6.81. The van der Waals surface area contributed by atoms with Crippen molar-refractivity contribution in [2.75, 3.05) is 0 Å². The van der Waals surface area contributed by atoms with E-state index in [4.69, 9.17) is 9.47 Å². The molecular formula is C68H54O2. The molecule has 0 saturated heterocycles. The van der Waals surface area contributed by atoms with Gasteiger partial charge >= 0.3 is 0 Å². The van der Waals surface area contributed by atoms with E-state index in [2.05, 4.69) is 194 Å². The number of fused-ring (bicyclic) bond motifs is 5. The molecule has 3 unspecified atom stereocenters. The van der Waals surface area contributed by atoms with Gasteiger partial charge in [-0.05, 0) is 177 Å². The van der Waals surface area contributed by atoms with E-state index in [0.29, 0.717) is 11.8 Å². The van der Waals surface area contributed by atoms with Crippen LogP contribution in [0.5, 0.6) is 17.2 Å². The molecule has 0 saturated carbocycles. The molecule has 0 bridgehead atoms. The van der Waals surface area contributed by atoms with Crippen molar-refractivity contribution >= 4 is 11.1 Å². The number of ether oxygens (including phenoxy) is 2. The molecule has 2 heteroatoms. The Bertz CT molecular complexity index is 3440. The second-order valence-electron chi connectivity index (χ2n) is 19.5.